The van der Waals surface area contributed by atoms with Gasteiger partial charge in [0, 0.05) is 5.82 Å². The number of rotatable bonds is 1. The Labute approximate surface area is 92.9 Å². The van der Waals surface area contributed by atoms with Gasteiger partial charge in [-0.2, -0.15) is 0 Å². The lowest BCUT2D eigenvalue weighted by atomic mass is 9.69. The van der Waals surface area contributed by atoms with Crippen LogP contribution >= 0.6 is 0 Å². The molecule has 0 aromatic carbocycles. The topological polar surface area (TPSA) is 18.5 Å². The average molecular weight is 208 g/mol. The summed E-state index contributed by atoms with van der Waals surface area (Å²) in [5.41, 5.74) is 0.345. The van der Waals surface area contributed by atoms with Gasteiger partial charge in [-0.15, -0.1) is 0 Å². The largest absolute Gasteiger partial charge is 0.461 e. The Morgan fingerprint density at radius 3 is 1.87 bits per heavy atom. The highest BCUT2D eigenvalue weighted by Crippen LogP contribution is 2.71. The van der Waals surface area contributed by atoms with Gasteiger partial charge in [0.05, 0.1) is 11.2 Å². The van der Waals surface area contributed by atoms with Crippen molar-refractivity contribution in [3.05, 3.63) is 0 Å². The molecule has 1 heterocycles. The summed E-state index contributed by atoms with van der Waals surface area (Å²) < 4.78 is 12.2. The van der Waals surface area contributed by atoms with Crippen molar-refractivity contribution in [1.29, 1.82) is 0 Å². The third kappa shape index (κ3) is 1.26. The fraction of sp³-hybridized carbons (Fsp3) is 1.00. The lowest BCUT2D eigenvalue weighted by molar-refractivity contribution is 0.00578. The molecule has 1 aliphatic heterocycles. The Kier molecular flexibility index (Phi) is 1.78. The zero-order valence-corrected chi connectivity index (χ0v) is 10.3. The SMILES string of the molecule is CC1(C)OB(C2CC23CCC3)OC1(C)C. The summed E-state index contributed by atoms with van der Waals surface area (Å²) in [6, 6.07) is 0. The zero-order valence-electron chi connectivity index (χ0n) is 10.3. The van der Waals surface area contributed by atoms with E-state index >= 15 is 0 Å². The smallest absolute Gasteiger partial charge is 0.403 e. The van der Waals surface area contributed by atoms with Crippen molar-refractivity contribution in [2.45, 2.75) is 70.4 Å². The molecule has 1 unspecified atom stereocenters. The van der Waals surface area contributed by atoms with E-state index in [1.165, 1.54) is 25.7 Å². The van der Waals surface area contributed by atoms with Gasteiger partial charge < -0.3 is 9.31 Å². The minimum absolute atomic E-state index is 0.0651. The first-order chi connectivity index (χ1) is 6.86. The van der Waals surface area contributed by atoms with Gasteiger partial charge >= 0.3 is 7.12 Å². The Balaban J connectivity index is 1.72. The molecule has 3 rings (SSSR count). The van der Waals surface area contributed by atoms with Crippen molar-refractivity contribution in [2.24, 2.45) is 5.41 Å². The molecule has 0 aromatic heterocycles. The fourth-order valence-corrected chi connectivity index (χ4v) is 3.02. The Hall–Kier alpha value is -0.0151. The first-order valence-corrected chi connectivity index (χ1v) is 6.22. The summed E-state index contributed by atoms with van der Waals surface area (Å²) in [7, 11) is 0.0651. The molecule has 0 N–H and O–H groups in total. The van der Waals surface area contributed by atoms with Crippen LogP contribution in [-0.2, 0) is 9.31 Å². The van der Waals surface area contributed by atoms with Crippen molar-refractivity contribution in [3.8, 4) is 0 Å². The molecule has 3 aliphatic rings. The molecule has 2 saturated carbocycles. The molecule has 0 radical (unpaired) electrons. The monoisotopic (exact) mass is 208 g/mol. The summed E-state index contributed by atoms with van der Waals surface area (Å²) in [4.78, 5) is 0. The van der Waals surface area contributed by atoms with Gasteiger partial charge in [0.2, 0.25) is 0 Å². The summed E-state index contributed by atoms with van der Waals surface area (Å²) in [5.74, 6) is 0.687. The molecule has 2 aliphatic carbocycles. The predicted octanol–water partition coefficient (Wildman–Crippen LogP) is 3.02. The Morgan fingerprint density at radius 2 is 1.53 bits per heavy atom. The molecule has 84 valence electrons. The Bertz CT molecular complexity index is 278. The lowest BCUT2D eigenvalue weighted by Crippen LogP contribution is -2.41. The first kappa shape index (κ1) is 10.2. The standard InChI is InChI=1S/C12H21BO2/c1-10(2)11(3,4)15-13(14-10)9-8-12(9)6-5-7-12/h9H,5-8H2,1-4H3. The molecular weight excluding hydrogens is 187 g/mol. The molecule has 15 heavy (non-hydrogen) atoms. The van der Waals surface area contributed by atoms with Gasteiger partial charge in [0.1, 0.15) is 0 Å². The predicted molar refractivity (Wildman–Crippen MR) is 60.7 cm³/mol. The van der Waals surface area contributed by atoms with Gasteiger partial charge in [-0.05, 0) is 52.4 Å². The first-order valence-electron chi connectivity index (χ1n) is 6.22. The average Bonchev–Trinajstić information content (AvgIpc) is 2.69. The van der Waals surface area contributed by atoms with Crippen molar-refractivity contribution in [1.82, 2.24) is 0 Å². The van der Waals surface area contributed by atoms with E-state index in [2.05, 4.69) is 27.7 Å². The second-order valence-corrected chi connectivity index (χ2v) is 6.65. The van der Waals surface area contributed by atoms with Crippen molar-refractivity contribution in [2.75, 3.05) is 0 Å². The molecule has 1 spiro atoms. The zero-order chi connectivity index (χ0) is 10.9. The van der Waals surface area contributed by atoms with E-state index in [1.54, 1.807) is 0 Å². The third-order valence-corrected chi connectivity index (χ3v) is 5.20. The lowest BCUT2D eigenvalue weighted by Gasteiger charge is -2.32. The van der Waals surface area contributed by atoms with Crippen LogP contribution in [0.5, 0.6) is 0 Å². The van der Waals surface area contributed by atoms with Crippen LogP contribution in [0.3, 0.4) is 0 Å². The van der Waals surface area contributed by atoms with E-state index in [0.29, 0.717) is 11.2 Å². The van der Waals surface area contributed by atoms with Gasteiger partial charge in [-0.1, -0.05) is 6.42 Å². The Morgan fingerprint density at radius 1 is 1.00 bits per heavy atom. The van der Waals surface area contributed by atoms with Gasteiger partial charge in [0.15, 0.2) is 0 Å². The van der Waals surface area contributed by atoms with Crippen LogP contribution in [0.25, 0.3) is 0 Å². The minimum atomic E-state index is -0.148. The maximum atomic E-state index is 6.10. The molecule has 0 amide bonds. The third-order valence-electron chi connectivity index (χ3n) is 5.20. The molecule has 2 nitrogen and oxygen atoms in total. The highest BCUT2D eigenvalue weighted by atomic mass is 16.7. The maximum Gasteiger partial charge on any atom is 0.461 e. The van der Waals surface area contributed by atoms with Crippen LogP contribution in [0, 0.1) is 5.41 Å². The summed E-state index contributed by atoms with van der Waals surface area (Å²) in [5, 5.41) is 0. The fourth-order valence-electron chi connectivity index (χ4n) is 3.02. The second kappa shape index (κ2) is 2.62. The molecule has 1 saturated heterocycles. The van der Waals surface area contributed by atoms with Crippen LogP contribution in [0.1, 0.15) is 53.4 Å². The second-order valence-electron chi connectivity index (χ2n) is 6.65. The van der Waals surface area contributed by atoms with E-state index in [-0.39, 0.29) is 18.3 Å². The normalized spacial score (nSPS) is 39.2. The summed E-state index contributed by atoms with van der Waals surface area (Å²) in [6.45, 7) is 8.57. The molecule has 3 heteroatoms. The minimum Gasteiger partial charge on any atom is -0.403 e. The molecular formula is C12H21BO2. The molecule has 0 aromatic rings. The molecule has 0 bridgehead atoms. The summed E-state index contributed by atoms with van der Waals surface area (Å²) in [6.07, 6.45) is 5.56. The van der Waals surface area contributed by atoms with Crippen LogP contribution in [-0.4, -0.2) is 18.3 Å². The van der Waals surface area contributed by atoms with E-state index < -0.39 is 0 Å². The maximum absolute atomic E-state index is 6.10. The van der Waals surface area contributed by atoms with Crippen molar-refractivity contribution in [3.63, 3.8) is 0 Å². The number of hydrogen-bond donors (Lipinski definition) is 0. The van der Waals surface area contributed by atoms with E-state index in [9.17, 15) is 0 Å². The van der Waals surface area contributed by atoms with E-state index in [1.807, 2.05) is 0 Å². The van der Waals surface area contributed by atoms with Gasteiger partial charge in [0.25, 0.3) is 0 Å². The quantitative estimate of drug-likeness (QED) is 0.616. The highest BCUT2D eigenvalue weighted by molar-refractivity contribution is 6.49. The van der Waals surface area contributed by atoms with Crippen LogP contribution in [0.4, 0.5) is 0 Å². The van der Waals surface area contributed by atoms with E-state index in [0.717, 1.165) is 0 Å². The van der Waals surface area contributed by atoms with Crippen LogP contribution in [0.2, 0.25) is 5.82 Å². The van der Waals surface area contributed by atoms with Crippen LogP contribution < -0.4 is 0 Å². The van der Waals surface area contributed by atoms with Crippen molar-refractivity contribution < 1.29 is 9.31 Å². The van der Waals surface area contributed by atoms with Gasteiger partial charge in [-0.3, -0.25) is 0 Å². The van der Waals surface area contributed by atoms with Crippen LogP contribution in [0.15, 0.2) is 0 Å². The van der Waals surface area contributed by atoms with Gasteiger partial charge in [-0.25, -0.2) is 0 Å². The van der Waals surface area contributed by atoms with Crippen molar-refractivity contribution >= 4 is 7.12 Å². The molecule has 1 atom stereocenters. The summed E-state index contributed by atoms with van der Waals surface area (Å²) >= 11 is 0. The number of hydrogen-bond acceptors (Lipinski definition) is 2. The highest BCUT2D eigenvalue weighted by Gasteiger charge is 2.67. The molecule has 3 fully saturated rings. The van der Waals surface area contributed by atoms with E-state index in [4.69, 9.17) is 9.31 Å².